The van der Waals surface area contributed by atoms with Crippen LogP contribution in [0.4, 0.5) is 0 Å². The molecule has 2 rings (SSSR count). The quantitative estimate of drug-likeness (QED) is 0.450. The first-order valence-corrected chi connectivity index (χ1v) is 4.35. The van der Waals surface area contributed by atoms with Crippen LogP contribution in [-0.4, -0.2) is 47.4 Å². The van der Waals surface area contributed by atoms with E-state index in [-0.39, 0.29) is 0 Å². The van der Waals surface area contributed by atoms with Crippen molar-refractivity contribution in [2.24, 2.45) is 0 Å². The molecule has 6 heteroatoms. The highest BCUT2D eigenvalue weighted by Gasteiger charge is 2.40. The Bertz CT molecular complexity index is 216. The van der Waals surface area contributed by atoms with Crippen molar-refractivity contribution >= 4 is 11.9 Å². The molecule has 1 spiro atoms. The molecule has 0 unspecified atom stereocenters. The molecule has 0 saturated carbocycles. The van der Waals surface area contributed by atoms with Gasteiger partial charge in [-0.1, -0.05) is 0 Å². The molecule has 0 aliphatic carbocycles. The fourth-order valence-corrected chi connectivity index (χ4v) is 1.46. The van der Waals surface area contributed by atoms with Gasteiger partial charge in [-0.3, -0.25) is 0 Å². The van der Waals surface area contributed by atoms with Crippen LogP contribution in [-0.2, 0) is 14.3 Å². The minimum absolute atomic E-state index is 0.444. The van der Waals surface area contributed by atoms with Crippen LogP contribution in [0.25, 0.3) is 0 Å². The van der Waals surface area contributed by atoms with E-state index in [4.69, 9.17) is 24.5 Å². The smallest absolute Gasteiger partial charge is 0.414 e. The van der Waals surface area contributed by atoms with Crippen molar-refractivity contribution in [2.75, 3.05) is 19.8 Å². The molecular formula is C8H13NO5. The van der Waals surface area contributed by atoms with E-state index in [1.807, 2.05) is 0 Å². The second kappa shape index (κ2) is 4.39. The van der Waals surface area contributed by atoms with Crippen molar-refractivity contribution in [3.8, 4) is 0 Å². The number of hydrogen-bond acceptors (Lipinski definition) is 4. The fraction of sp³-hybridized carbons (Fsp3) is 0.750. The number of hydrogen-bond donors (Lipinski definition) is 3. The molecule has 0 radical (unpaired) electrons. The summed E-state index contributed by atoms with van der Waals surface area (Å²) in [7, 11) is 0. The Morgan fingerprint density at radius 1 is 1.21 bits per heavy atom. The lowest BCUT2D eigenvalue weighted by atomic mass is 9.96. The van der Waals surface area contributed by atoms with Crippen molar-refractivity contribution in [3.05, 3.63) is 0 Å². The number of nitrogens with one attached hydrogen (secondary N) is 1. The Balaban J connectivity index is 0.000000149. The Hall–Kier alpha value is -1.14. The highest BCUT2D eigenvalue weighted by molar-refractivity contribution is 6.27. The van der Waals surface area contributed by atoms with Gasteiger partial charge in [0.15, 0.2) is 0 Å². The van der Waals surface area contributed by atoms with E-state index in [0.29, 0.717) is 5.54 Å². The standard InChI is InChI=1S/C6H11NO.C2H2O4/c1-2-6(7-3-1)4-8-5-6;3-1(4)2(5)6/h7H,1-5H2;(H,3,4)(H,5,6). The van der Waals surface area contributed by atoms with Crippen molar-refractivity contribution in [1.29, 1.82) is 0 Å². The van der Waals surface area contributed by atoms with E-state index in [1.54, 1.807) is 0 Å². The zero-order valence-electron chi connectivity index (χ0n) is 7.65. The highest BCUT2D eigenvalue weighted by Crippen LogP contribution is 2.26. The predicted octanol–water partition coefficient (Wildman–Crippen LogP) is -0.706. The van der Waals surface area contributed by atoms with Gasteiger partial charge in [-0.05, 0) is 19.4 Å². The average molecular weight is 203 g/mol. The number of rotatable bonds is 0. The zero-order chi connectivity index (χ0) is 10.6. The maximum atomic E-state index is 9.10. The Morgan fingerprint density at radius 2 is 1.79 bits per heavy atom. The molecule has 0 atom stereocenters. The monoisotopic (exact) mass is 203 g/mol. The van der Waals surface area contributed by atoms with E-state index >= 15 is 0 Å². The van der Waals surface area contributed by atoms with Gasteiger partial charge in [0.25, 0.3) is 0 Å². The molecule has 6 nitrogen and oxygen atoms in total. The Morgan fingerprint density at radius 3 is 1.93 bits per heavy atom. The summed E-state index contributed by atoms with van der Waals surface area (Å²) in [5, 5.41) is 18.2. The molecule has 2 aliphatic rings. The molecule has 0 aromatic rings. The van der Waals surface area contributed by atoms with Crippen LogP contribution < -0.4 is 5.32 Å². The molecule has 2 fully saturated rings. The lowest BCUT2D eigenvalue weighted by Gasteiger charge is -2.37. The summed E-state index contributed by atoms with van der Waals surface area (Å²) in [4.78, 5) is 18.2. The van der Waals surface area contributed by atoms with Gasteiger partial charge in [-0.25, -0.2) is 9.59 Å². The second-order valence-corrected chi connectivity index (χ2v) is 3.41. The maximum Gasteiger partial charge on any atom is 0.414 e. The van der Waals surface area contributed by atoms with E-state index in [1.165, 1.54) is 19.4 Å². The van der Waals surface area contributed by atoms with Gasteiger partial charge in [0.1, 0.15) is 0 Å². The summed E-state index contributed by atoms with van der Waals surface area (Å²) in [6.45, 7) is 3.10. The van der Waals surface area contributed by atoms with Gasteiger partial charge < -0.3 is 20.3 Å². The van der Waals surface area contributed by atoms with Gasteiger partial charge in [0, 0.05) is 0 Å². The lowest BCUT2D eigenvalue weighted by molar-refractivity contribution is -0.159. The van der Waals surface area contributed by atoms with E-state index in [0.717, 1.165) is 13.2 Å². The van der Waals surface area contributed by atoms with E-state index in [9.17, 15) is 0 Å². The van der Waals surface area contributed by atoms with Gasteiger partial charge in [-0.2, -0.15) is 0 Å². The van der Waals surface area contributed by atoms with Gasteiger partial charge >= 0.3 is 11.9 Å². The minimum Gasteiger partial charge on any atom is -0.473 e. The maximum absolute atomic E-state index is 9.10. The van der Waals surface area contributed by atoms with Crippen LogP contribution in [0.2, 0.25) is 0 Å². The molecule has 0 aromatic heterocycles. The third kappa shape index (κ3) is 2.68. The number of carboxylic acids is 2. The van der Waals surface area contributed by atoms with Crippen LogP contribution >= 0.6 is 0 Å². The topological polar surface area (TPSA) is 95.9 Å². The van der Waals surface area contributed by atoms with Crippen LogP contribution in [0.1, 0.15) is 12.8 Å². The minimum atomic E-state index is -1.82. The molecule has 0 aromatic carbocycles. The summed E-state index contributed by atoms with van der Waals surface area (Å²) in [6, 6.07) is 0. The average Bonchev–Trinajstić information content (AvgIpc) is 2.51. The van der Waals surface area contributed by atoms with Crippen LogP contribution in [0, 0.1) is 0 Å². The molecule has 80 valence electrons. The van der Waals surface area contributed by atoms with Crippen molar-refractivity contribution in [1.82, 2.24) is 5.32 Å². The largest absolute Gasteiger partial charge is 0.473 e. The van der Waals surface area contributed by atoms with Gasteiger partial charge in [0.05, 0.1) is 18.8 Å². The van der Waals surface area contributed by atoms with Gasteiger partial charge in [0.2, 0.25) is 0 Å². The van der Waals surface area contributed by atoms with Crippen molar-refractivity contribution < 1.29 is 24.5 Å². The molecular weight excluding hydrogens is 190 g/mol. The van der Waals surface area contributed by atoms with Crippen molar-refractivity contribution in [3.63, 3.8) is 0 Å². The zero-order valence-corrected chi connectivity index (χ0v) is 7.65. The second-order valence-electron chi connectivity index (χ2n) is 3.41. The van der Waals surface area contributed by atoms with Crippen LogP contribution in [0.3, 0.4) is 0 Å². The fourth-order valence-electron chi connectivity index (χ4n) is 1.46. The third-order valence-corrected chi connectivity index (χ3v) is 2.27. The summed E-state index contributed by atoms with van der Waals surface area (Å²) in [5.41, 5.74) is 0.444. The SMILES string of the molecule is C1CNC2(C1)COC2.O=C(O)C(=O)O. The third-order valence-electron chi connectivity index (χ3n) is 2.27. The normalized spacial score (nSPS) is 22.0. The first-order valence-electron chi connectivity index (χ1n) is 4.35. The molecule has 2 heterocycles. The summed E-state index contributed by atoms with van der Waals surface area (Å²) in [5.74, 6) is -3.65. The molecule has 2 saturated heterocycles. The van der Waals surface area contributed by atoms with Gasteiger partial charge in [-0.15, -0.1) is 0 Å². The molecule has 0 bridgehead atoms. The Kier molecular flexibility index (Phi) is 3.43. The van der Waals surface area contributed by atoms with Crippen LogP contribution in [0.15, 0.2) is 0 Å². The number of ether oxygens (including phenoxy) is 1. The van der Waals surface area contributed by atoms with E-state index < -0.39 is 11.9 Å². The van der Waals surface area contributed by atoms with Crippen molar-refractivity contribution in [2.45, 2.75) is 18.4 Å². The summed E-state index contributed by atoms with van der Waals surface area (Å²) >= 11 is 0. The first-order chi connectivity index (χ1) is 6.56. The van der Waals surface area contributed by atoms with E-state index in [2.05, 4.69) is 5.32 Å². The molecule has 14 heavy (non-hydrogen) atoms. The predicted molar refractivity (Wildman–Crippen MR) is 46.1 cm³/mol. The lowest BCUT2D eigenvalue weighted by Crippen LogP contribution is -2.56. The number of aliphatic carboxylic acids is 2. The summed E-state index contributed by atoms with van der Waals surface area (Å²) in [6.07, 6.45) is 2.66. The molecule has 2 aliphatic heterocycles. The summed E-state index contributed by atoms with van der Waals surface area (Å²) < 4.78 is 5.10. The first kappa shape index (κ1) is 10.9. The Labute approximate surface area is 80.9 Å². The van der Waals surface area contributed by atoms with Crippen LogP contribution in [0.5, 0.6) is 0 Å². The molecule has 3 N–H and O–H groups in total. The highest BCUT2D eigenvalue weighted by atomic mass is 16.5. The number of carboxylic acid groups (broad SMARTS) is 2. The molecule has 0 amide bonds. The number of carbonyl (C=O) groups is 2.